The molecular formula is C7H5FN2S. The first kappa shape index (κ1) is 6.54. The third-order valence-corrected chi connectivity index (χ3v) is 2.28. The zero-order valence-electron chi connectivity index (χ0n) is 5.54. The van der Waals surface area contributed by atoms with Crippen molar-refractivity contribution < 1.29 is 4.39 Å². The van der Waals surface area contributed by atoms with Gasteiger partial charge in [0.2, 0.25) is 0 Å². The van der Waals surface area contributed by atoms with Crippen LogP contribution in [0, 0.1) is 5.82 Å². The predicted molar refractivity (Wildman–Crippen MR) is 44.0 cm³/mol. The van der Waals surface area contributed by atoms with Gasteiger partial charge in [-0.2, -0.15) is 4.37 Å². The summed E-state index contributed by atoms with van der Waals surface area (Å²) in [5, 5.41) is 0.830. The van der Waals surface area contributed by atoms with Crippen LogP contribution in [0.15, 0.2) is 18.2 Å². The second-order valence-electron chi connectivity index (χ2n) is 2.21. The highest BCUT2D eigenvalue weighted by Crippen LogP contribution is 2.24. The van der Waals surface area contributed by atoms with E-state index in [0.29, 0.717) is 5.82 Å². The van der Waals surface area contributed by atoms with Crippen LogP contribution in [-0.4, -0.2) is 4.37 Å². The lowest BCUT2D eigenvalue weighted by atomic mass is 10.2. The van der Waals surface area contributed by atoms with Gasteiger partial charge < -0.3 is 5.73 Å². The molecule has 0 aliphatic carbocycles. The van der Waals surface area contributed by atoms with E-state index >= 15 is 0 Å². The van der Waals surface area contributed by atoms with Crippen LogP contribution in [0.2, 0.25) is 0 Å². The van der Waals surface area contributed by atoms with Gasteiger partial charge in [-0.3, -0.25) is 0 Å². The van der Waals surface area contributed by atoms with E-state index in [2.05, 4.69) is 4.37 Å². The quantitative estimate of drug-likeness (QED) is 0.653. The number of anilines is 1. The molecule has 0 saturated carbocycles. The number of halogens is 1. The number of nitrogen functional groups attached to an aromatic ring is 1. The molecule has 0 fully saturated rings. The molecular weight excluding hydrogens is 163 g/mol. The van der Waals surface area contributed by atoms with Crippen molar-refractivity contribution in [2.45, 2.75) is 0 Å². The molecule has 0 amide bonds. The van der Waals surface area contributed by atoms with Crippen molar-refractivity contribution in [3.63, 3.8) is 0 Å². The summed E-state index contributed by atoms with van der Waals surface area (Å²) in [7, 11) is 0. The minimum atomic E-state index is -0.249. The molecule has 1 aromatic carbocycles. The molecule has 0 atom stereocenters. The standard InChI is InChI=1S/C7H5FN2S/c8-4-1-2-5-6(3-4)11-10-7(5)9/h1-3H,(H2,9,10). The first-order valence-corrected chi connectivity index (χ1v) is 3.85. The molecule has 0 saturated heterocycles. The van der Waals surface area contributed by atoms with E-state index in [4.69, 9.17) is 5.73 Å². The summed E-state index contributed by atoms with van der Waals surface area (Å²) < 4.78 is 17.3. The average Bonchev–Trinajstić information content (AvgIpc) is 2.32. The molecule has 2 nitrogen and oxygen atoms in total. The lowest BCUT2D eigenvalue weighted by molar-refractivity contribution is 0.630. The van der Waals surface area contributed by atoms with Crippen LogP contribution in [0.4, 0.5) is 10.2 Å². The first-order valence-electron chi connectivity index (χ1n) is 3.08. The SMILES string of the molecule is Nc1nsc2cc(F)ccc12. The van der Waals surface area contributed by atoms with Crippen molar-refractivity contribution >= 4 is 27.4 Å². The first-order chi connectivity index (χ1) is 5.27. The Balaban J connectivity index is 2.86. The van der Waals surface area contributed by atoms with E-state index in [-0.39, 0.29) is 5.82 Å². The van der Waals surface area contributed by atoms with Crippen molar-refractivity contribution in [1.29, 1.82) is 0 Å². The molecule has 56 valence electrons. The van der Waals surface area contributed by atoms with Crippen LogP contribution in [0.1, 0.15) is 0 Å². The summed E-state index contributed by atoms with van der Waals surface area (Å²) in [5.74, 6) is 0.228. The summed E-state index contributed by atoms with van der Waals surface area (Å²) in [6.45, 7) is 0. The van der Waals surface area contributed by atoms with Gasteiger partial charge in [0.1, 0.15) is 11.6 Å². The third-order valence-electron chi connectivity index (χ3n) is 1.46. The van der Waals surface area contributed by atoms with Crippen LogP contribution in [0.25, 0.3) is 10.1 Å². The van der Waals surface area contributed by atoms with Crippen molar-refractivity contribution in [1.82, 2.24) is 4.37 Å². The maximum Gasteiger partial charge on any atom is 0.144 e. The maximum absolute atomic E-state index is 12.6. The Morgan fingerprint density at radius 1 is 1.45 bits per heavy atom. The molecule has 2 aromatic rings. The van der Waals surface area contributed by atoms with Crippen molar-refractivity contribution in [3.8, 4) is 0 Å². The van der Waals surface area contributed by atoms with E-state index in [1.54, 1.807) is 6.07 Å². The van der Waals surface area contributed by atoms with E-state index in [0.717, 1.165) is 10.1 Å². The zero-order chi connectivity index (χ0) is 7.84. The molecule has 0 aliphatic heterocycles. The maximum atomic E-state index is 12.6. The van der Waals surface area contributed by atoms with Gasteiger partial charge in [-0.1, -0.05) is 0 Å². The second-order valence-corrected chi connectivity index (χ2v) is 3.01. The summed E-state index contributed by atoms with van der Waals surface area (Å²) >= 11 is 1.21. The van der Waals surface area contributed by atoms with E-state index in [1.165, 1.54) is 23.7 Å². The van der Waals surface area contributed by atoms with Gasteiger partial charge in [0.05, 0.1) is 4.70 Å². The number of nitrogens with two attached hydrogens (primary N) is 1. The minimum Gasteiger partial charge on any atom is -0.382 e. The normalized spacial score (nSPS) is 10.6. The monoisotopic (exact) mass is 168 g/mol. The average molecular weight is 168 g/mol. The highest BCUT2D eigenvalue weighted by atomic mass is 32.1. The number of rotatable bonds is 0. The fourth-order valence-electron chi connectivity index (χ4n) is 0.931. The minimum absolute atomic E-state index is 0.249. The molecule has 4 heteroatoms. The highest BCUT2D eigenvalue weighted by Gasteiger charge is 2.01. The van der Waals surface area contributed by atoms with Gasteiger partial charge in [-0.15, -0.1) is 0 Å². The molecule has 11 heavy (non-hydrogen) atoms. The summed E-state index contributed by atoms with van der Waals surface area (Å²) in [4.78, 5) is 0. The molecule has 0 bridgehead atoms. The Morgan fingerprint density at radius 2 is 2.27 bits per heavy atom. The number of hydrogen-bond donors (Lipinski definition) is 1. The molecule has 1 heterocycles. The lowest BCUT2D eigenvalue weighted by Crippen LogP contribution is -1.82. The topological polar surface area (TPSA) is 38.9 Å². The molecule has 0 radical (unpaired) electrons. The van der Waals surface area contributed by atoms with Crippen LogP contribution in [0.5, 0.6) is 0 Å². The summed E-state index contributed by atoms with van der Waals surface area (Å²) in [5.41, 5.74) is 5.50. The van der Waals surface area contributed by atoms with E-state index < -0.39 is 0 Å². The molecule has 0 unspecified atom stereocenters. The number of aromatic nitrogens is 1. The second kappa shape index (κ2) is 2.17. The van der Waals surface area contributed by atoms with Gasteiger partial charge in [0.15, 0.2) is 0 Å². The predicted octanol–water partition coefficient (Wildman–Crippen LogP) is 2.02. The Hall–Kier alpha value is -1.16. The van der Waals surface area contributed by atoms with Gasteiger partial charge in [-0.05, 0) is 29.7 Å². The van der Waals surface area contributed by atoms with E-state index in [1.807, 2.05) is 0 Å². The van der Waals surface area contributed by atoms with Crippen LogP contribution >= 0.6 is 11.5 Å². The van der Waals surface area contributed by atoms with Gasteiger partial charge in [0.25, 0.3) is 0 Å². The fraction of sp³-hybridized carbons (Fsp3) is 0. The number of fused-ring (bicyclic) bond motifs is 1. The van der Waals surface area contributed by atoms with Crippen LogP contribution in [0.3, 0.4) is 0 Å². The Labute approximate surface area is 66.6 Å². The molecule has 2 rings (SSSR count). The summed E-state index contributed by atoms with van der Waals surface area (Å²) in [6.07, 6.45) is 0. The van der Waals surface area contributed by atoms with E-state index in [9.17, 15) is 4.39 Å². The zero-order valence-corrected chi connectivity index (χ0v) is 6.36. The largest absolute Gasteiger partial charge is 0.382 e. The Morgan fingerprint density at radius 3 is 3.09 bits per heavy atom. The van der Waals surface area contributed by atoms with Crippen molar-refractivity contribution in [2.75, 3.05) is 5.73 Å². The van der Waals surface area contributed by atoms with Gasteiger partial charge >= 0.3 is 0 Å². The van der Waals surface area contributed by atoms with Gasteiger partial charge in [-0.25, -0.2) is 4.39 Å². The molecule has 0 aliphatic rings. The van der Waals surface area contributed by atoms with Gasteiger partial charge in [0, 0.05) is 5.39 Å². The fourth-order valence-corrected chi connectivity index (χ4v) is 1.66. The van der Waals surface area contributed by atoms with Crippen LogP contribution in [-0.2, 0) is 0 Å². The third kappa shape index (κ3) is 0.952. The Kier molecular flexibility index (Phi) is 1.29. The highest BCUT2D eigenvalue weighted by molar-refractivity contribution is 7.13. The van der Waals surface area contributed by atoms with Crippen molar-refractivity contribution in [3.05, 3.63) is 24.0 Å². The number of benzene rings is 1. The smallest absolute Gasteiger partial charge is 0.144 e. The Bertz CT molecular complexity index is 396. The van der Waals surface area contributed by atoms with Crippen molar-refractivity contribution in [2.24, 2.45) is 0 Å². The lowest BCUT2D eigenvalue weighted by Gasteiger charge is -1.88. The molecule has 2 N–H and O–H groups in total. The summed E-state index contributed by atoms with van der Waals surface area (Å²) in [6, 6.07) is 4.46. The molecule has 1 aromatic heterocycles. The number of nitrogens with zero attached hydrogens (tertiary/aromatic N) is 1. The van der Waals surface area contributed by atoms with Crippen LogP contribution < -0.4 is 5.73 Å². The number of hydrogen-bond acceptors (Lipinski definition) is 3. The molecule has 0 spiro atoms.